The van der Waals surface area contributed by atoms with Gasteiger partial charge in [0.1, 0.15) is 16.6 Å². The predicted molar refractivity (Wildman–Crippen MR) is 134 cm³/mol. The molecule has 0 atom stereocenters. The summed E-state index contributed by atoms with van der Waals surface area (Å²) in [6.07, 6.45) is 4.08. The maximum Gasteiger partial charge on any atom is 0.263 e. The highest BCUT2D eigenvalue weighted by molar-refractivity contribution is 7.93. The van der Waals surface area contributed by atoms with Gasteiger partial charge in [0.25, 0.3) is 10.0 Å². The Morgan fingerprint density at radius 3 is 2.52 bits per heavy atom. The van der Waals surface area contributed by atoms with Crippen LogP contribution in [-0.4, -0.2) is 18.4 Å². The Morgan fingerprint density at radius 1 is 1.12 bits per heavy atom. The van der Waals surface area contributed by atoms with Crippen molar-refractivity contribution in [3.63, 3.8) is 0 Å². The normalized spacial score (nSPS) is 11.7. The minimum absolute atomic E-state index is 0.117. The molecule has 0 fully saturated rings. The molecule has 0 bridgehead atoms. The summed E-state index contributed by atoms with van der Waals surface area (Å²) >= 11 is 2.60. The summed E-state index contributed by atoms with van der Waals surface area (Å²) < 4.78 is 27.3. The van der Waals surface area contributed by atoms with Crippen molar-refractivity contribution in [2.24, 2.45) is 0 Å². The Bertz CT molecular complexity index is 1400. The van der Waals surface area contributed by atoms with Gasteiger partial charge in [0.15, 0.2) is 5.13 Å². The van der Waals surface area contributed by atoms with Crippen molar-refractivity contribution in [2.75, 3.05) is 10.0 Å². The van der Waals surface area contributed by atoms with Crippen LogP contribution in [0.15, 0.2) is 76.6 Å². The number of nitrogens with one attached hydrogen (secondary N) is 2. The van der Waals surface area contributed by atoms with E-state index in [1.807, 2.05) is 17.5 Å². The van der Waals surface area contributed by atoms with Crippen molar-refractivity contribution in [2.45, 2.75) is 18.2 Å². The molecule has 0 unspecified atom stereocenters. The smallest absolute Gasteiger partial charge is 0.263 e. The van der Waals surface area contributed by atoms with Crippen LogP contribution in [0.4, 0.5) is 10.8 Å². The van der Waals surface area contributed by atoms with Gasteiger partial charge in [0.05, 0.1) is 10.6 Å². The molecule has 2 N–H and O–H groups in total. The van der Waals surface area contributed by atoms with Crippen molar-refractivity contribution in [3.05, 3.63) is 82.3 Å². The van der Waals surface area contributed by atoms with Gasteiger partial charge < -0.3 is 5.32 Å². The quantitative estimate of drug-likeness (QED) is 0.309. The zero-order chi connectivity index (χ0) is 23.3. The average molecular weight is 494 g/mol. The van der Waals surface area contributed by atoms with E-state index in [0.29, 0.717) is 21.4 Å². The first-order valence-electron chi connectivity index (χ1n) is 9.93. The van der Waals surface area contributed by atoms with E-state index in [-0.39, 0.29) is 4.90 Å². The van der Waals surface area contributed by atoms with E-state index in [1.165, 1.54) is 46.6 Å². The van der Waals surface area contributed by atoms with E-state index in [0.717, 1.165) is 17.7 Å². The highest BCUT2D eigenvalue weighted by Crippen LogP contribution is 2.27. The molecule has 0 spiro atoms. The van der Waals surface area contributed by atoms with Crippen LogP contribution in [0, 0.1) is 11.3 Å². The maximum atomic E-state index is 12.4. The fourth-order valence-electron chi connectivity index (χ4n) is 2.92. The number of nitriles is 1. The minimum atomic E-state index is -3.71. The van der Waals surface area contributed by atoms with Crippen LogP contribution < -0.4 is 10.0 Å². The van der Waals surface area contributed by atoms with Crippen molar-refractivity contribution >= 4 is 49.1 Å². The number of nitrogens with zero attached hydrogens (tertiary/aromatic N) is 3. The van der Waals surface area contributed by atoms with E-state index >= 15 is 0 Å². The number of aromatic nitrogens is 2. The molecular weight excluding hydrogens is 474 g/mol. The fourth-order valence-corrected chi connectivity index (χ4v) is 5.50. The standard InChI is InChI=1S/C23H19N5O2S3/c1-2-16-3-5-17(6-4-16)21-15-32-22(27-21)18(13-24)14-26-19-7-9-20(10-8-19)33(29,30)28-23-25-11-12-31-23/h3-12,14-15,26H,2H2,1H3,(H,25,28)/b18-14-. The van der Waals surface area contributed by atoms with Gasteiger partial charge in [-0.25, -0.2) is 18.4 Å². The fraction of sp³-hybridized carbons (Fsp3) is 0.0870. The zero-order valence-electron chi connectivity index (χ0n) is 17.5. The second kappa shape index (κ2) is 9.95. The summed E-state index contributed by atoms with van der Waals surface area (Å²) in [4.78, 5) is 8.65. The third-order valence-electron chi connectivity index (χ3n) is 4.71. The minimum Gasteiger partial charge on any atom is -0.360 e. The lowest BCUT2D eigenvalue weighted by molar-refractivity contribution is 0.601. The molecule has 4 rings (SSSR count). The molecule has 0 saturated heterocycles. The van der Waals surface area contributed by atoms with E-state index < -0.39 is 10.0 Å². The van der Waals surface area contributed by atoms with E-state index in [9.17, 15) is 13.7 Å². The van der Waals surface area contributed by atoms with Gasteiger partial charge in [0, 0.05) is 34.4 Å². The number of hydrogen-bond donors (Lipinski definition) is 2. The van der Waals surface area contributed by atoms with Gasteiger partial charge in [-0.15, -0.1) is 22.7 Å². The molecule has 2 heterocycles. The number of anilines is 2. The SMILES string of the molecule is CCc1ccc(-c2csc(/C(C#N)=C\Nc3ccc(S(=O)(=O)Nc4nccs4)cc3)n2)cc1. The molecule has 166 valence electrons. The molecule has 2 aromatic carbocycles. The number of sulfonamides is 1. The first-order valence-corrected chi connectivity index (χ1v) is 13.2. The molecule has 0 amide bonds. The van der Waals surface area contributed by atoms with Gasteiger partial charge in [-0.3, -0.25) is 4.72 Å². The molecule has 0 radical (unpaired) electrons. The van der Waals surface area contributed by atoms with Gasteiger partial charge in [-0.05, 0) is 36.2 Å². The van der Waals surface area contributed by atoms with E-state index in [2.05, 4.69) is 45.1 Å². The Morgan fingerprint density at radius 2 is 1.88 bits per heavy atom. The third-order valence-corrected chi connectivity index (χ3v) is 7.76. The van der Waals surface area contributed by atoms with Gasteiger partial charge >= 0.3 is 0 Å². The lowest BCUT2D eigenvalue weighted by Gasteiger charge is -2.06. The summed E-state index contributed by atoms with van der Waals surface area (Å²) in [7, 11) is -3.71. The molecule has 0 aliphatic rings. The first kappa shape index (κ1) is 22.7. The van der Waals surface area contributed by atoms with Crippen LogP contribution >= 0.6 is 22.7 Å². The van der Waals surface area contributed by atoms with Crippen molar-refractivity contribution in [1.29, 1.82) is 5.26 Å². The summed E-state index contributed by atoms with van der Waals surface area (Å²) in [6, 6.07) is 16.6. The summed E-state index contributed by atoms with van der Waals surface area (Å²) in [5.41, 5.74) is 4.11. The molecule has 2 aromatic heterocycles. The van der Waals surface area contributed by atoms with E-state index in [4.69, 9.17) is 0 Å². The zero-order valence-corrected chi connectivity index (χ0v) is 20.0. The van der Waals surface area contributed by atoms with Gasteiger partial charge in [-0.2, -0.15) is 5.26 Å². The Kier molecular flexibility index (Phi) is 6.84. The first-order chi connectivity index (χ1) is 16.0. The summed E-state index contributed by atoms with van der Waals surface area (Å²) in [6.45, 7) is 2.11. The summed E-state index contributed by atoms with van der Waals surface area (Å²) in [5, 5.41) is 17.2. The van der Waals surface area contributed by atoms with Crippen LogP contribution in [0.5, 0.6) is 0 Å². The largest absolute Gasteiger partial charge is 0.360 e. The number of allylic oxidation sites excluding steroid dienone is 1. The monoisotopic (exact) mass is 493 g/mol. The molecule has 0 saturated carbocycles. The average Bonchev–Trinajstić information content (AvgIpc) is 3.52. The number of hydrogen-bond acceptors (Lipinski definition) is 8. The Hall–Kier alpha value is -3.52. The second-order valence-electron chi connectivity index (χ2n) is 6.87. The third kappa shape index (κ3) is 5.46. The van der Waals surface area contributed by atoms with Crippen molar-refractivity contribution < 1.29 is 8.42 Å². The van der Waals surface area contributed by atoms with E-state index in [1.54, 1.807) is 23.7 Å². The molecule has 4 aromatic rings. The lowest BCUT2D eigenvalue weighted by atomic mass is 10.1. The maximum absolute atomic E-state index is 12.4. The van der Waals surface area contributed by atoms with Crippen LogP contribution in [0.1, 0.15) is 17.5 Å². The number of aryl methyl sites for hydroxylation is 1. The Labute approximate surface area is 200 Å². The van der Waals surface area contributed by atoms with Crippen molar-refractivity contribution in [1.82, 2.24) is 9.97 Å². The summed E-state index contributed by atoms with van der Waals surface area (Å²) in [5.74, 6) is 0. The number of benzene rings is 2. The second-order valence-corrected chi connectivity index (χ2v) is 10.3. The number of rotatable bonds is 8. The molecule has 7 nitrogen and oxygen atoms in total. The van der Waals surface area contributed by atoms with Gasteiger partial charge in [-0.1, -0.05) is 31.2 Å². The number of thiazole rings is 2. The van der Waals surface area contributed by atoms with Crippen LogP contribution in [0.25, 0.3) is 16.8 Å². The van der Waals surface area contributed by atoms with Crippen LogP contribution in [0.2, 0.25) is 0 Å². The topological polar surface area (TPSA) is 108 Å². The highest BCUT2D eigenvalue weighted by Gasteiger charge is 2.15. The van der Waals surface area contributed by atoms with Gasteiger partial charge in [0.2, 0.25) is 0 Å². The molecule has 0 aliphatic heterocycles. The lowest BCUT2D eigenvalue weighted by Crippen LogP contribution is -2.12. The van der Waals surface area contributed by atoms with Crippen LogP contribution in [-0.2, 0) is 16.4 Å². The van der Waals surface area contributed by atoms with Crippen molar-refractivity contribution in [3.8, 4) is 17.3 Å². The highest BCUT2D eigenvalue weighted by atomic mass is 32.2. The Balaban J connectivity index is 1.46. The molecular formula is C23H19N5O2S3. The molecule has 10 heteroatoms. The predicted octanol–water partition coefficient (Wildman–Crippen LogP) is 5.61. The van der Waals surface area contributed by atoms with Crippen LogP contribution in [0.3, 0.4) is 0 Å². The molecule has 33 heavy (non-hydrogen) atoms. The molecule has 0 aliphatic carbocycles.